The smallest absolute Gasteiger partial charge is 0.0598 e. The molecule has 2 rings (SSSR count). The molecule has 19 heavy (non-hydrogen) atoms. The lowest BCUT2D eigenvalue weighted by molar-refractivity contribution is 0.608. The molecule has 100 valence electrons. The fourth-order valence-corrected chi connectivity index (χ4v) is 2.26. The summed E-state index contributed by atoms with van der Waals surface area (Å²) in [4.78, 5) is 0. The molecule has 2 aromatic carbocycles. The summed E-state index contributed by atoms with van der Waals surface area (Å²) in [5.74, 6) is 0. The molecule has 0 heterocycles. The van der Waals surface area contributed by atoms with E-state index >= 15 is 0 Å². The van der Waals surface area contributed by atoms with Crippen LogP contribution in [0.3, 0.4) is 0 Å². The Morgan fingerprint density at radius 3 is 2.16 bits per heavy atom. The fourth-order valence-electron chi connectivity index (χ4n) is 1.96. The van der Waals surface area contributed by atoms with Gasteiger partial charge in [-0.25, -0.2) is 0 Å². The van der Waals surface area contributed by atoms with Gasteiger partial charge in [0.25, 0.3) is 0 Å². The number of halogens is 2. The summed E-state index contributed by atoms with van der Waals surface area (Å²) < 4.78 is 0. The van der Waals surface area contributed by atoms with Crippen LogP contribution in [0.2, 0.25) is 10.0 Å². The number of hydrogen-bond acceptors (Lipinski definition) is 1. The molecule has 1 unspecified atom stereocenters. The van der Waals surface area contributed by atoms with Crippen molar-refractivity contribution >= 4 is 23.2 Å². The molecule has 0 aliphatic rings. The predicted octanol–water partition coefficient (Wildman–Crippen LogP) is 4.81. The molecule has 1 nitrogen and oxygen atoms in total. The Morgan fingerprint density at radius 2 is 1.58 bits per heavy atom. The third-order valence-electron chi connectivity index (χ3n) is 3.24. The molecule has 0 radical (unpaired) electrons. The Balaban J connectivity index is 2.20. The van der Waals surface area contributed by atoms with Gasteiger partial charge in [-0.15, -0.1) is 0 Å². The van der Waals surface area contributed by atoms with Crippen molar-refractivity contribution in [3.05, 3.63) is 58.1 Å². The normalized spacial score (nSPS) is 12.4. The summed E-state index contributed by atoms with van der Waals surface area (Å²) in [7, 11) is 1.98. The first kappa shape index (κ1) is 14.4. The van der Waals surface area contributed by atoms with E-state index in [-0.39, 0.29) is 0 Å². The highest BCUT2D eigenvalue weighted by Gasteiger charge is 2.04. The van der Waals surface area contributed by atoms with Gasteiger partial charge in [-0.1, -0.05) is 53.5 Å². The van der Waals surface area contributed by atoms with Crippen LogP contribution in [0.4, 0.5) is 0 Å². The van der Waals surface area contributed by atoms with E-state index in [4.69, 9.17) is 23.2 Å². The average molecular weight is 294 g/mol. The molecule has 0 saturated heterocycles. The van der Waals surface area contributed by atoms with Crippen LogP contribution in [0, 0.1) is 0 Å². The molecule has 1 atom stereocenters. The summed E-state index contributed by atoms with van der Waals surface area (Å²) in [5, 5.41) is 4.42. The van der Waals surface area contributed by atoms with Gasteiger partial charge in [-0.05, 0) is 49.2 Å². The molecule has 0 aromatic heterocycles. The monoisotopic (exact) mass is 293 g/mol. The average Bonchev–Trinajstić information content (AvgIpc) is 2.42. The van der Waals surface area contributed by atoms with Gasteiger partial charge >= 0.3 is 0 Å². The van der Waals surface area contributed by atoms with Crippen LogP contribution in [0.15, 0.2) is 42.5 Å². The van der Waals surface area contributed by atoms with Crippen molar-refractivity contribution in [3.8, 4) is 11.1 Å². The minimum absolute atomic E-state index is 0.482. The molecule has 0 bridgehead atoms. The van der Waals surface area contributed by atoms with E-state index in [1.54, 1.807) is 0 Å². The van der Waals surface area contributed by atoms with Crippen LogP contribution in [-0.4, -0.2) is 13.1 Å². The van der Waals surface area contributed by atoms with Crippen molar-refractivity contribution in [1.82, 2.24) is 5.32 Å². The lowest BCUT2D eigenvalue weighted by atomic mass is 10.0. The van der Waals surface area contributed by atoms with Crippen molar-refractivity contribution < 1.29 is 0 Å². The first-order chi connectivity index (χ1) is 9.10. The molecule has 3 heteroatoms. The van der Waals surface area contributed by atoms with Crippen LogP contribution >= 0.6 is 23.2 Å². The van der Waals surface area contributed by atoms with Gasteiger partial charge < -0.3 is 5.32 Å². The van der Waals surface area contributed by atoms with E-state index in [1.807, 2.05) is 25.2 Å². The second kappa shape index (κ2) is 6.42. The standard InChI is InChI=1S/C16H17Cl2N/c1-11(19-2)9-12-3-5-13(6-4-12)14-7-8-15(17)16(18)10-14/h3-8,10-11,19H,9H2,1-2H3. The van der Waals surface area contributed by atoms with Crippen LogP contribution < -0.4 is 5.32 Å². The van der Waals surface area contributed by atoms with Crippen molar-refractivity contribution in [2.45, 2.75) is 19.4 Å². The highest BCUT2D eigenvalue weighted by molar-refractivity contribution is 6.42. The van der Waals surface area contributed by atoms with Crippen LogP contribution in [0.5, 0.6) is 0 Å². The van der Waals surface area contributed by atoms with Crippen molar-refractivity contribution in [2.75, 3.05) is 7.05 Å². The van der Waals surface area contributed by atoms with Gasteiger partial charge in [0.1, 0.15) is 0 Å². The molecule has 0 aliphatic heterocycles. The first-order valence-electron chi connectivity index (χ1n) is 6.32. The highest BCUT2D eigenvalue weighted by atomic mass is 35.5. The second-order valence-electron chi connectivity index (χ2n) is 4.72. The van der Waals surface area contributed by atoms with Gasteiger partial charge in [-0.3, -0.25) is 0 Å². The molecule has 1 N–H and O–H groups in total. The van der Waals surface area contributed by atoms with E-state index < -0.39 is 0 Å². The zero-order valence-electron chi connectivity index (χ0n) is 11.1. The van der Waals surface area contributed by atoms with E-state index in [2.05, 4.69) is 36.5 Å². The number of likely N-dealkylation sites (N-methyl/N-ethyl adjacent to an activating group) is 1. The number of benzene rings is 2. The SMILES string of the molecule is CNC(C)Cc1ccc(-c2ccc(Cl)c(Cl)c2)cc1. The lowest BCUT2D eigenvalue weighted by Gasteiger charge is -2.10. The van der Waals surface area contributed by atoms with Crippen molar-refractivity contribution in [3.63, 3.8) is 0 Å². The largest absolute Gasteiger partial charge is 0.317 e. The van der Waals surface area contributed by atoms with Crippen LogP contribution in [-0.2, 0) is 6.42 Å². The van der Waals surface area contributed by atoms with E-state index in [0.717, 1.165) is 17.5 Å². The van der Waals surface area contributed by atoms with E-state index in [9.17, 15) is 0 Å². The van der Waals surface area contributed by atoms with Gasteiger partial charge in [0.05, 0.1) is 10.0 Å². The Hall–Kier alpha value is -1.02. The number of nitrogens with one attached hydrogen (secondary N) is 1. The van der Waals surface area contributed by atoms with Gasteiger partial charge in [0, 0.05) is 6.04 Å². The molecule has 0 saturated carbocycles. The Bertz CT molecular complexity index is 549. The zero-order chi connectivity index (χ0) is 13.8. The second-order valence-corrected chi connectivity index (χ2v) is 5.53. The van der Waals surface area contributed by atoms with E-state index in [0.29, 0.717) is 16.1 Å². The maximum atomic E-state index is 6.04. The number of hydrogen-bond donors (Lipinski definition) is 1. The van der Waals surface area contributed by atoms with Gasteiger partial charge in [0.2, 0.25) is 0 Å². The molecule has 0 aliphatic carbocycles. The summed E-state index contributed by atoms with van der Waals surface area (Å²) >= 11 is 12.0. The van der Waals surface area contributed by atoms with Crippen molar-refractivity contribution in [2.24, 2.45) is 0 Å². The van der Waals surface area contributed by atoms with Crippen LogP contribution in [0.1, 0.15) is 12.5 Å². The fraction of sp³-hybridized carbons (Fsp3) is 0.250. The summed E-state index contributed by atoms with van der Waals surface area (Å²) in [6.07, 6.45) is 1.03. The molecule has 2 aromatic rings. The maximum absolute atomic E-state index is 6.04. The minimum Gasteiger partial charge on any atom is -0.317 e. The zero-order valence-corrected chi connectivity index (χ0v) is 12.6. The van der Waals surface area contributed by atoms with Gasteiger partial charge in [0.15, 0.2) is 0 Å². The maximum Gasteiger partial charge on any atom is 0.0598 e. The molecular formula is C16H17Cl2N. The summed E-state index contributed by atoms with van der Waals surface area (Å²) in [6.45, 7) is 2.17. The highest BCUT2D eigenvalue weighted by Crippen LogP contribution is 2.28. The minimum atomic E-state index is 0.482. The topological polar surface area (TPSA) is 12.0 Å². The molecular weight excluding hydrogens is 277 g/mol. The predicted molar refractivity (Wildman–Crippen MR) is 84.1 cm³/mol. The Morgan fingerprint density at radius 1 is 0.947 bits per heavy atom. The Labute approximate surface area is 124 Å². The third kappa shape index (κ3) is 3.73. The molecule has 0 spiro atoms. The first-order valence-corrected chi connectivity index (χ1v) is 7.07. The third-order valence-corrected chi connectivity index (χ3v) is 3.98. The molecule has 0 fully saturated rings. The van der Waals surface area contributed by atoms with E-state index in [1.165, 1.54) is 5.56 Å². The lowest BCUT2D eigenvalue weighted by Crippen LogP contribution is -2.23. The number of rotatable bonds is 4. The molecule has 0 amide bonds. The summed E-state index contributed by atoms with van der Waals surface area (Å²) in [6, 6.07) is 14.8. The summed E-state index contributed by atoms with van der Waals surface area (Å²) in [5.41, 5.74) is 3.56. The van der Waals surface area contributed by atoms with Gasteiger partial charge in [-0.2, -0.15) is 0 Å². The Kier molecular flexibility index (Phi) is 4.87. The van der Waals surface area contributed by atoms with Crippen LogP contribution in [0.25, 0.3) is 11.1 Å². The van der Waals surface area contributed by atoms with Crippen molar-refractivity contribution in [1.29, 1.82) is 0 Å². The quantitative estimate of drug-likeness (QED) is 0.853.